The van der Waals surface area contributed by atoms with Gasteiger partial charge in [-0.2, -0.15) is 0 Å². The summed E-state index contributed by atoms with van der Waals surface area (Å²) in [6, 6.07) is 33.4. The zero-order chi connectivity index (χ0) is 25.6. The molecule has 4 rings (SSSR count). The quantitative estimate of drug-likeness (QED) is 0.257. The predicted molar refractivity (Wildman–Crippen MR) is 156 cm³/mol. The minimum absolute atomic E-state index is 1.31. The number of hydrogen-bond acceptors (Lipinski definition) is 0. The minimum atomic E-state index is 1.31. The average molecular weight is 437 g/mol. The number of fused-ring (bicyclic) bond motifs is 2. The summed E-state index contributed by atoms with van der Waals surface area (Å²) in [7, 11) is 0. The van der Waals surface area contributed by atoms with Crippen molar-refractivity contribution in [2.45, 2.75) is 83.1 Å². The Hall–Kier alpha value is -2.60. The molecule has 0 saturated carbocycles. The van der Waals surface area contributed by atoms with Crippen molar-refractivity contribution in [1.29, 1.82) is 0 Å². The Balaban J connectivity index is -0.000000168. The van der Waals surface area contributed by atoms with Crippen LogP contribution in [-0.4, -0.2) is 0 Å². The van der Waals surface area contributed by atoms with Crippen LogP contribution >= 0.6 is 0 Å². The molecule has 0 nitrogen and oxygen atoms in total. The molecule has 0 saturated heterocycles. The third kappa shape index (κ3) is 17.1. The summed E-state index contributed by atoms with van der Waals surface area (Å²) in [6.07, 6.45) is 0. The molecule has 32 heavy (non-hydrogen) atoms. The molecule has 4 aromatic carbocycles. The average Bonchev–Trinajstić information content (AvgIpc) is 2.96. The van der Waals surface area contributed by atoms with Crippen molar-refractivity contribution >= 4 is 21.5 Å². The summed E-state index contributed by atoms with van der Waals surface area (Å²) in [6.45, 7) is 24.0. The van der Waals surface area contributed by atoms with Gasteiger partial charge in [0, 0.05) is 0 Å². The summed E-state index contributed by atoms with van der Waals surface area (Å²) in [5.41, 5.74) is 0. The maximum Gasteiger partial charge on any atom is -0.0184 e. The van der Waals surface area contributed by atoms with Crippen LogP contribution < -0.4 is 0 Å². The van der Waals surface area contributed by atoms with Gasteiger partial charge in [-0.3, -0.25) is 0 Å². The molecule has 180 valence electrons. The fourth-order valence-electron chi connectivity index (χ4n) is 2.27. The fraction of sp³-hybridized carbons (Fsp3) is 0.375. The van der Waals surface area contributed by atoms with Gasteiger partial charge in [0.25, 0.3) is 0 Å². The van der Waals surface area contributed by atoms with Gasteiger partial charge in [0.2, 0.25) is 0 Å². The molecule has 0 aliphatic heterocycles. The zero-order valence-corrected chi connectivity index (χ0v) is 23.2. The molecule has 0 aliphatic carbocycles. The first-order valence-electron chi connectivity index (χ1n) is 12.8. The van der Waals surface area contributed by atoms with E-state index in [1.165, 1.54) is 21.5 Å². The third-order valence-electron chi connectivity index (χ3n) is 3.32. The van der Waals surface area contributed by atoms with E-state index in [1.807, 2.05) is 83.1 Å². The van der Waals surface area contributed by atoms with Gasteiger partial charge in [-0.15, -0.1) is 0 Å². The molecule has 0 aliphatic rings. The van der Waals surface area contributed by atoms with Crippen LogP contribution in [0.25, 0.3) is 21.5 Å². The van der Waals surface area contributed by atoms with Crippen LogP contribution in [-0.2, 0) is 0 Å². The highest BCUT2D eigenvalue weighted by Crippen LogP contribution is 2.11. The van der Waals surface area contributed by atoms with Crippen LogP contribution in [0.1, 0.15) is 83.1 Å². The van der Waals surface area contributed by atoms with Crippen LogP contribution in [0.3, 0.4) is 0 Å². The highest BCUT2D eigenvalue weighted by atomic mass is 13.9. The van der Waals surface area contributed by atoms with Gasteiger partial charge in [0.15, 0.2) is 0 Å². The maximum absolute atomic E-state index is 2.12. The molecule has 0 amide bonds. The Morgan fingerprint density at radius 1 is 0.219 bits per heavy atom. The summed E-state index contributed by atoms with van der Waals surface area (Å²) in [5, 5.41) is 5.24. The van der Waals surface area contributed by atoms with E-state index in [-0.39, 0.29) is 0 Å². The van der Waals surface area contributed by atoms with Crippen LogP contribution in [0, 0.1) is 0 Å². The second-order valence-electron chi connectivity index (χ2n) is 4.69. The van der Waals surface area contributed by atoms with E-state index < -0.39 is 0 Å². The monoisotopic (exact) mass is 436 g/mol. The maximum atomic E-state index is 2.12. The van der Waals surface area contributed by atoms with Gasteiger partial charge < -0.3 is 0 Å². The van der Waals surface area contributed by atoms with Crippen LogP contribution in [0.5, 0.6) is 0 Å². The van der Waals surface area contributed by atoms with Gasteiger partial charge in [0.1, 0.15) is 0 Å². The Labute approximate surface area is 201 Å². The number of rotatable bonds is 0. The van der Waals surface area contributed by atoms with Crippen molar-refractivity contribution in [3.63, 3.8) is 0 Å². The van der Waals surface area contributed by atoms with Crippen LogP contribution in [0.4, 0.5) is 0 Å². The van der Waals surface area contributed by atoms with E-state index >= 15 is 0 Å². The number of benzene rings is 4. The third-order valence-corrected chi connectivity index (χ3v) is 3.32. The topological polar surface area (TPSA) is 0 Å². The Morgan fingerprint density at radius 2 is 0.312 bits per heavy atom. The lowest BCUT2D eigenvalue weighted by molar-refractivity contribution is 1.50. The lowest BCUT2D eigenvalue weighted by Crippen LogP contribution is -1.67. The van der Waals surface area contributed by atoms with Gasteiger partial charge in [0.05, 0.1) is 0 Å². The van der Waals surface area contributed by atoms with Gasteiger partial charge in [-0.25, -0.2) is 0 Å². The van der Waals surface area contributed by atoms with E-state index in [4.69, 9.17) is 0 Å². The molecule has 0 unspecified atom stereocenters. The van der Waals surface area contributed by atoms with E-state index in [2.05, 4.69) is 97.1 Å². The van der Waals surface area contributed by atoms with Crippen molar-refractivity contribution in [3.05, 3.63) is 97.1 Å². The molecule has 0 fully saturated rings. The molecule has 4 aromatic rings. The van der Waals surface area contributed by atoms with Gasteiger partial charge in [-0.1, -0.05) is 180 Å². The van der Waals surface area contributed by atoms with Crippen molar-refractivity contribution < 1.29 is 0 Å². The first kappa shape index (κ1) is 36.8. The largest absolute Gasteiger partial charge is 0.0683 e. The molecular weight excluding hydrogens is 384 g/mol. The molecular formula is C32H52. The van der Waals surface area contributed by atoms with E-state index in [1.54, 1.807) is 0 Å². The second kappa shape index (κ2) is 33.0. The van der Waals surface area contributed by atoms with Crippen molar-refractivity contribution in [3.8, 4) is 0 Å². The number of hydrogen-bond donors (Lipinski definition) is 0. The fourth-order valence-corrected chi connectivity index (χ4v) is 2.27. The molecule has 0 aromatic heterocycles. The summed E-state index contributed by atoms with van der Waals surface area (Å²) in [4.78, 5) is 0. The first-order chi connectivity index (χ1) is 15.9. The molecule has 0 heteroatoms. The lowest BCUT2D eigenvalue weighted by Gasteiger charge is -1.92. The van der Waals surface area contributed by atoms with Crippen molar-refractivity contribution in [2.75, 3.05) is 0 Å². The second-order valence-corrected chi connectivity index (χ2v) is 4.69. The van der Waals surface area contributed by atoms with Gasteiger partial charge >= 0.3 is 0 Å². The Bertz CT molecular complexity index is 613. The minimum Gasteiger partial charge on any atom is -0.0683 e. The van der Waals surface area contributed by atoms with E-state index in [0.29, 0.717) is 0 Å². The summed E-state index contributed by atoms with van der Waals surface area (Å²) >= 11 is 0. The molecule has 0 heterocycles. The van der Waals surface area contributed by atoms with Crippen LogP contribution in [0.15, 0.2) is 97.1 Å². The smallest absolute Gasteiger partial charge is 0.0184 e. The highest BCUT2D eigenvalue weighted by Gasteiger charge is 1.86. The zero-order valence-electron chi connectivity index (χ0n) is 23.2. The highest BCUT2D eigenvalue weighted by molar-refractivity contribution is 5.82. The molecule has 0 spiro atoms. The van der Waals surface area contributed by atoms with Crippen molar-refractivity contribution in [2.24, 2.45) is 0 Å². The summed E-state index contributed by atoms with van der Waals surface area (Å²) < 4.78 is 0. The lowest BCUT2D eigenvalue weighted by atomic mass is 10.1. The Kier molecular flexibility index (Phi) is 38.0. The molecule has 0 N–H and O–H groups in total. The van der Waals surface area contributed by atoms with E-state index in [0.717, 1.165) is 0 Å². The molecule has 0 bridgehead atoms. The van der Waals surface area contributed by atoms with E-state index in [9.17, 15) is 0 Å². The first-order valence-corrected chi connectivity index (χ1v) is 12.8. The predicted octanol–water partition coefficient (Wildman–Crippen LogP) is 11.8. The summed E-state index contributed by atoms with van der Waals surface area (Å²) in [5.74, 6) is 0. The van der Waals surface area contributed by atoms with Gasteiger partial charge in [-0.05, 0) is 21.5 Å². The molecule has 0 atom stereocenters. The normalized spacial score (nSPS) is 7.38. The molecule has 0 radical (unpaired) electrons. The standard InChI is InChI=1S/2C10H8.6C2H6/c2*1-2-6-10-8-4-3-7-9(10)5-1;6*1-2/h2*1-8H;6*1-2H3. The van der Waals surface area contributed by atoms with Crippen molar-refractivity contribution in [1.82, 2.24) is 0 Å². The Morgan fingerprint density at radius 3 is 0.406 bits per heavy atom. The SMILES string of the molecule is CC.CC.CC.CC.CC.CC.c1ccc2ccccc2c1.c1ccc2ccccc2c1. The van der Waals surface area contributed by atoms with Crippen LogP contribution in [0.2, 0.25) is 0 Å².